The van der Waals surface area contributed by atoms with E-state index in [2.05, 4.69) is 43.5 Å². The Labute approximate surface area is 153 Å². The highest BCUT2D eigenvalue weighted by atomic mass is 79.9. The normalized spacial score (nSPS) is 13.4. The zero-order chi connectivity index (χ0) is 16.0. The lowest BCUT2D eigenvalue weighted by atomic mass is 10.0. The van der Waals surface area contributed by atoms with Gasteiger partial charge in [0.25, 0.3) is 0 Å². The van der Waals surface area contributed by atoms with E-state index in [1.807, 2.05) is 0 Å². The van der Waals surface area contributed by atoms with Gasteiger partial charge in [0.1, 0.15) is 4.90 Å². The van der Waals surface area contributed by atoms with Crippen molar-refractivity contribution in [1.29, 1.82) is 0 Å². The van der Waals surface area contributed by atoms with Gasteiger partial charge in [-0.25, -0.2) is 13.1 Å². The van der Waals surface area contributed by atoms with E-state index in [1.54, 1.807) is 0 Å². The topological polar surface area (TPSA) is 46.2 Å². The molecule has 0 fully saturated rings. The minimum atomic E-state index is -3.72. The zero-order valence-corrected chi connectivity index (χ0v) is 17.0. The number of hydrogen-bond acceptors (Lipinski definition) is 2. The molecule has 0 saturated carbocycles. The molecular weight excluding hydrogens is 465 g/mol. The van der Waals surface area contributed by atoms with Gasteiger partial charge >= 0.3 is 0 Å². The van der Waals surface area contributed by atoms with Crippen molar-refractivity contribution in [3.8, 4) is 0 Å². The second kappa shape index (κ2) is 9.08. The maximum absolute atomic E-state index is 12.4. The molecule has 0 aliphatic rings. The number of benzene rings is 1. The molecule has 1 unspecified atom stereocenters. The lowest BCUT2D eigenvalue weighted by Gasteiger charge is -2.17. The average molecular weight is 482 g/mol. The van der Waals surface area contributed by atoms with Crippen LogP contribution in [0.1, 0.15) is 26.2 Å². The van der Waals surface area contributed by atoms with Crippen molar-refractivity contribution in [2.24, 2.45) is 5.92 Å². The van der Waals surface area contributed by atoms with E-state index in [9.17, 15) is 8.42 Å². The smallest absolute Gasteiger partial charge is 0.211 e. The largest absolute Gasteiger partial charge is 0.243 e. The molecule has 0 bridgehead atoms. The van der Waals surface area contributed by atoms with E-state index in [0.717, 1.165) is 24.6 Å². The first-order chi connectivity index (χ1) is 9.81. The van der Waals surface area contributed by atoms with Gasteiger partial charge in [0.2, 0.25) is 10.0 Å². The van der Waals surface area contributed by atoms with Crippen molar-refractivity contribution in [2.75, 3.05) is 11.9 Å². The molecule has 0 aromatic heterocycles. The summed E-state index contributed by atoms with van der Waals surface area (Å²) >= 11 is 18.7. The van der Waals surface area contributed by atoms with Crippen LogP contribution in [0.4, 0.5) is 0 Å². The Morgan fingerprint density at radius 1 is 1.24 bits per heavy atom. The number of hydrogen-bond donors (Lipinski definition) is 1. The Morgan fingerprint density at radius 3 is 2.29 bits per heavy atom. The van der Waals surface area contributed by atoms with E-state index >= 15 is 0 Å². The van der Waals surface area contributed by atoms with Crippen LogP contribution in [0.3, 0.4) is 0 Å². The fraction of sp³-hybridized carbons (Fsp3) is 0.538. The molecule has 0 amide bonds. The summed E-state index contributed by atoms with van der Waals surface area (Å²) in [5.74, 6) is 0.289. The molecule has 1 N–H and O–H groups in total. The van der Waals surface area contributed by atoms with Gasteiger partial charge in [-0.3, -0.25) is 0 Å². The molecule has 120 valence electrons. The summed E-state index contributed by atoms with van der Waals surface area (Å²) < 4.78 is 28.0. The Bertz CT molecular complexity index is 553. The molecule has 0 radical (unpaired) electrons. The van der Waals surface area contributed by atoms with Gasteiger partial charge in [-0.15, -0.1) is 0 Å². The molecule has 21 heavy (non-hydrogen) atoms. The first kappa shape index (κ1) is 19.7. The molecular formula is C13H17Br2Cl2NO2S. The third-order valence-electron chi connectivity index (χ3n) is 3.01. The van der Waals surface area contributed by atoms with Gasteiger partial charge in [-0.2, -0.15) is 0 Å². The van der Waals surface area contributed by atoms with Crippen molar-refractivity contribution < 1.29 is 8.42 Å². The zero-order valence-electron chi connectivity index (χ0n) is 11.5. The van der Waals surface area contributed by atoms with Gasteiger partial charge < -0.3 is 0 Å². The molecule has 0 heterocycles. The van der Waals surface area contributed by atoms with Gasteiger partial charge in [0, 0.05) is 16.3 Å². The van der Waals surface area contributed by atoms with E-state index < -0.39 is 10.0 Å². The quantitative estimate of drug-likeness (QED) is 0.516. The van der Waals surface area contributed by atoms with Gasteiger partial charge in [0.15, 0.2) is 0 Å². The average Bonchev–Trinajstić information content (AvgIpc) is 2.35. The molecule has 1 aromatic rings. The fourth-order valence-electron chi connectivity index (χ4n) is 2.00. The first-order valence-corrected chi connectivity index (χ1v) is 10.7. The monoisotopic (exact) mass is 479 g/mol. The van der Waals surface area contributed by atoms with Crippen LogP contribution < -0.4 is 4.72 Å². The molecule has 1 atom stereocenters. The number of nitrogens with one attached hydrogen (secondary N) is 1. The lowest BCUT2D eigenvalue weighted by molar-refractivity contribution is 0.459. The van der Waals surface area contributed by atoms with Crippen LogP contribution in [-0.4, -0.2) is 20.3 Å². The van der Waals surface area contributed by atoms with Gasteiger partial charge in [-0.05, 0) is 30.9 Å². The van der Waals surface area contributed by atoms with Crippen molar-refractivity contribution in [3.63, 3.8) is 0 Å². The minimum Gasteiger partial charge on any atom is -0.211 e. The number of halogens is 4. The molecule has 0 aliphatic carbocycles. The van der Waals surface area contributed by atoms with Crippen molar-refractivity contribution in [3.05, 3.63) is 26.7 Å². The third kappa shape index (κ3) is 5.99. The molecule has 3 nitrogen and oxygen atoms in total. The minimum absolute atomic E-state index is 0.0666. The number of alkyl halides is 1. The highest BCUT2D eigenvalue weighted by Gasteiger charge is 2.23. The van der Waals surface area contributed by atoms with Gasteiger partial charge in [-0.1, -0.05) is 68.4 Å². The Balaban J connectivity index is 2.92. The van der Waals surface area contributed by atoms with E-state index in [0.29, 0.717) is 11.0 Å². The summed E-state index contributed by atoms with van der Waals surface area (Å²) in [6, 6.07) is 3.04. The summed E-state index contributed by atoms with van der Waals surface area (Å²) in [6.07, 6.45) is 2.90. The summed E-state index contributed by atoms with van der Waals surface area (Å²) in [7, 11) is -3.72. The van der Waals surface area contributed by atoms with Crippen LogP contribution in [0.25, 0.3) is 0 Å². The maximum Gasteiger partial charge on any atom is 0.243 e. The predicted octanol–water partition coefficient (Wildman–Crippen LogP) is 5.24. The lowest BCUT2D eigenvalue weighted by Crippen LogP contribution is -2.30. The Hall–Kier alpha value is 0.670. The SMILES string of the molecule is CCCC(CCBr)CNS(=O)(=O)c1c(Cl)cc(Br)cc1Cl. The first-order valence-electron chi connectivity index (χ1n) is 6.52. The maximum atomic E-state index is 12.4. The van der Waals surface area contributed by atoms with E-state index in [4.69, 9.17) is 23.2 Å². The van der Waals surface area contributed by atoms with Crippen LogP contribution in [0.5, 0.6) is 0 Å². The second-order valence-electron chi connectivity index (χ2n) is 4.68. The fourth-order valence-corrected chi connectivity index (χ4v) is 5.69. The Kier molecular flexibility index (Phi) is 8.53. The second-order valence-corrected chi connectivity index (χ2v) is 8.91. The summed E-state index contributed by atoms with van der Waals surface area (Å²) in [4.78, 5) is -0.0666. The Morgan fingerprint density at radius 2 is 1.81 bits per heavy atom. The molecule has 8 heteroatoms. The summed E-state index contributed by atoms with van der Waals surface area (Å²) in [5.41, 5.74) is 0. The van der Waals surface area contributed by atoms with Crippen molar-refractivity contribution >= 4 is 65.1 Å². The molecule has 0 spiro atoms. The van der Waals surface area contributed by atoms with Crippen LogP contribution in [-0.2, 0) is 10.0 Å². The summed E-state index contributed by atoms with van der Waals surface area (Å²) in [6.45, 7) is 2.46. The van der Waals surface area contributed by atoms with Crippen LogP contribution in [0, 0.1) is 5.92 Å². The molecule has 1 rings (SSSR count). The van der Waals surface area contributed by atoms with E-state index in [-0.39, 0.29) is 20.9 Å². The van der Waals surface area contributed by atoms with E-state index in [1.165, 1.54) is 12.1 Å². The predicted molar refractivity (Wildman–Crippen MR) is 96.2 cm³/mol. The standard InChI is InChI=1S/C13H17Br2Cl2NO2S/c1-2-3-9(4-5-14)8-18-21(19,20)13-11(16)6-10(15)7-12(13)17/h6-7,9,18H,2-5,8H2,1H3. The van der Waals surface area contributed by atoms with Crippen LogP contribution in [0.15, 0.2) is 21.5 Å². The van der Waals surface area contributed by atoms with Crippen LogP contribution >= 0.6 is 55.1 Å². The van der Waals surface area contributed by atoms with Crippen molar-refractivity contribution in [2.45, 2.75) is 31.1 Å². The van der Waals surface area contributed by atoms with Crippen molar-refractivity contribution in [1.82, 2.24) is 4.72 Å². The third-order valence-corrected chi connectivity index (χ3v) is 6.27. The number of rotatable bonds is 8. The molecule has 1 aromatic carbocycles. The highest BCUT2D eigenvalue weighted by Crippen LogP contribution is 2.32. The summed E-state index contributed by atoms with van der Waals surface area (Å²) in [5, 5.41) is 1.06. The van der Waals surface area contributed by atoms with Crippen LogP contribution in [0.2, 0.25) is 10.0 Å². The molecule has 0 aliphatic heterocycles. The highest BCUT2D eigenvalue weighted by molar-refractivity contribution is 9.10. The molecule has 0 saturated heterocycles. The van der Waals surface area contributed by atoms with Gasteiger partial charge in [0.05, 0.1) is 10.0 Å². The number of sulfonamides is 1.